The quantitative estimate of drug-likeness (QED) is 0.387. The molecule has 0 saturated carbocycles. The topological polar surface area (TPSA) is 130 Å². The van der Waals surface area contributed by atoms with E-state index in [4.69, 9.17) is 13.7 Å². The second-order valence-electron chi connectivity index (χ2n) is 5.74. The normalized spacial score (nSPS) is 10.9. The molecule has 0 aliphatic rings. The van der Waals surface area contributed by atoms with Crippen molar-refractivity contribution in [2.24, 2.45) is 0 Å². The number of fused-ring (bicyclic) bond motifs is 1. The van der Waals surface area contributed by atoms with E-state index in [2.05, 4.69) is 19.9 Å². The Morgan fingerprint density at radius 3 is 2.76 bits per heavy atom. The number of hydrogen-bond donors (Lipinski definition) is 4. The molecule has 9 heteroatoms. The maximum Gasteiger partial charge on any atom is 0.261 e. The summed E-state index contributed by atoms with van der Waals surface area (Å²) in [4.78, 5) is 36.9. The highest BCUT2D eigenvalue weighted by Gasteiger charge is 2.07. The molecule has 5 N–H and O–H groups in total. The van der Waals surface area contributed by atoms with Crippen LogP contribution in [0.15, 0.2) is 29.2 Å². The number of carbonyl (C=O) groups is 1. The lowest BCUT2D eigenvalue weighted by molar-refractivity contribution is 0.0976. The number of unbranched alkanes of at least 4 members (excludes halogenated alkanes) is 1. The molecule has 126 valence electrons. The van der Waals surface area contributed by atoms with Gasteiger partial charge < -0.3 is 15.9 Å². The summed E-state index contributed by atoms with van der Waals surface area (Å²) >= 11 is 0. The highest BCUT2D eigenvalue weighted by Crippen LogP contribution is 2.13. The van der Waals surface area contributed by atoms with E-state index in [9.17, 15) is 9.59 Å². The number of pyridine rings is 1. The van der Waals surface area contributed by atoms with Gasteiger partial charge in [0.25, 0.3) is 11.5 Å². The number of aromatic amines is 2. The maximum atomic E-state index is 11.8. The summed E-state index contributed by atoms with van der Waals surface area (Å²) in [7, 11) is 5.07. The summed E-state index contributed by atoms with van der Waals surface area (Å²) in [6.07, 6.45) is 5.22. The fraction of sp³-hybridized carbons (Fsp3) is 0.250. The molecule has 0 aromatic carbocycles. The predicted octanol–water partition coefficient (Wildman–Crippen LogP) is 0.607. The number of nitrogens with zero attached hydrogens (tertiary/aromatic N) is 2. The summed E-state index contributed by atoms with van der Waals surface area (Å²) < 4.78 is 0. The van der Waals surface area contributed by atoms with Crippen LogP contribution in [-0.2, 0) is 12.8 Å². The Morgan fingerprint density at radius 2 is 2.04 bits per heavy atom. The van der Waals surface area contributed by atoms with Gasteiger partial charge in [-0.15, -0.1) is 0 Å². The van der Waals surface area contributed by atoms with E-state index in [0.717, 1.165) is 36.9 Å². The molecule has 0 saturated heterocycles. The molecule has 2 radical (unpaired) electrons. The standard InChI is InChI=1S/C16H17BN6O2/c17-23-15(25)12-6-5-9(8-19-12)3-1-2-4-10-7-11-13(20-10)21-16(18)22-14(11)24/h5-8H,1-4H2,(H,23,25)(H4,18,20,21,22,24). The summed E-state index contributed by atoms with van der Waals surface area (Å²) in [6.45, 7) is 0. The average Bonchev–Trinajstić information content (AvgIpc) is 3.01. The monoisotopic (exact) mass is 336 g/mol. The largest absolute Gasteiger partial charge is 0.404 e. The first kappa shape index (κ1) is 16.8. The van der Waals surface area contributed by atoms with E-state index < -0.39 is 5.91 Å². The molecule has 0 aliphatic heterocycles. The third-order valence-electron chi connectivity index (χ3n) is 3.92. The zero-order chi connectivity index (χ0) is 17.8. The first-order valence-corrected chi connectivity index (χ1v) is 7.90. The second kappa shape index (κ2) is 7.21. The highest BCUT2D eigenvalue weighted by molar-refractivity contribution is 6.17. The number of carbonyl (C=O) groups excluding carboxylic acids is 1. The highest BCUT2D eigenvalue weighted by atomic mass is 16.1. The van der Waals surface area contributed by atoms with Gasteiger partial charge in [-0.3, -0.25) is 19.6 Å². The Hall–Kier alpha value is -3.10. The number of nitrogen functional groups attached to an aromatic ring is 1. The van der Waals surface area contributed by atoms with Crippen molar-refractivity contribution >= 4 is 30.9 Å². The number of rotatable bonds is 6. The second-order valence-corrected chi connectivity index (χ2v) is 5.74. The maximum absolute atomic E-state index is 11.8. The van der Waals surface area contributed by atoms with Gasteiger partial charge in [0.05, 0.1) is 5.39 Å². The van der Waals surface area contributed by atoms with Crippen LogP contribution in [0.2, 0.25) is 0 Å². The molecule has 0 atom stereocenters. The smallest absolute Gasteiger partial charge is 0.261 e. The molecule has 0 unspecified atom stereocenters. The fourth-order valence-electron chi connectivity index (χ4n) is 2.65. The van der Waals surface area contributed by atoms with E-state index in [-0.39, 0.29) is 11.5 Å². The summed E-state index contributed by atoms with van der Waals surface area (Å²) in [6, 6.07) is 5.33. The van der Waals surface area contributed by atoms with Crippen LogP contribution in [0, 0.1) is 0 Å². The Kier molecular flexibility index (Phi) is 4.83. The van der Waals surface area contributed by atoms with E-state index >= 15 is 0 Å². The predicted molar refractivity (Wildman–Crippen MR) is 95.2 cm³/mol. The van der Waals surface area contributed by atoms with E-state index in [1.807, 2.05) is 17.4 Å². The van der Waals surface area contributed by atoms with Crippen LogP contribution in [0.5, 0.6) is 0 Å². The van der Waals surface area contributed by atoms with Gasteiger partial charge in [-0.05, 0) is 43.4 Å². The Bertz CT molecular complexity index is 947. The lowest BCUT2D eigenvalue weighted by atomic mass is 10.1. The van der Waals surface area contributed by atoms with Gasteiger partial charge in [-0.2, -0.15) is 4.98 Å². The minimum Gasteiger partial charge on any atom is -0.404 e. The van der Waals surface area contributed by atoms with Crippen molar-refractivity contribution in [2.75, 3.05) is 5.73 Å². The average molecular weight is 336 g/mol. The first-order valence-electron chi connectivity index (χ1n) is 7.90. The molecule has 1 amide bonds. The third kappa shape index (κ3) is 3.88. The Labute approximate surface area is 144 Å². The number of nitrogens with one attached hydrogen (secondary N) is 3. The SMILES string of the molecule is [B]NC(=O)c1ccc(CCCCc2cc3c(=O)[nH]c(N)nc3[nH]2)cn1. The molecule has 3 rings (SSSR count). The van der Waals surface area contributed by atoms with Crippen LogP contribution in [0.1, 0.15) is 34.6 Å². The molecular formula is C16H17BN6O2. The van der Waals surface area contributed by atoms with Gasteiger partial charge in [0, 0.05) is 11.9 Å². The van der Waals surface area contributed by atoms with E-state index in [0.29, 0.717) is 16.7 Å². The van der Waals surface area contributed by atoms with Gasteiger partial charge in [0.2, 0.25) is 13.9 Å². The number of nitrogens with two attached hydrogens (primary N) is 1. The molecule has 0 spiro atoms. The lowest BCUT2D eigenvalue weighted by Crippen LogP contribution is -2.20. The number of hydrogen-bond acceptors (Lipinski definition) is 5. The van der Waals surface area contributed by atoms with Gasteiger partial charge in [-0.1, -0.05) is 6.07 Å². The number of aryl methyl sites for hydroxylation is 2. The van der Waals surface area contributed by atoms with Crippen molar-refractivity contribution < 1.29 is 4.79 Å². The third-order valence-corrected chi connectivity index (χ3v) is 3.92. The van der Waals surface area contributed by atoms with Crippen molar-refractivity contribution in [3.63, 3.8) is 0 Å². The molecule has 0 fully saturated rings. The molecule has 8 nitrogen and oxygen atoms in total. The zero-order valence-electron chi connectivity index (χ0n) is 13.5. The van der Waals surface area contributed by atoms with Crippen LogP contribution in [0.3, 0.4) is 0 Å². The number of anilines is 1. The van der Waals surface area contributed by atoms with Crippen LogP contribution in [-0.4, -0.2) is 33.8 Å². The Morgan fingerprint density at radius 1 is 1.24 bits per heavy atom. The van der Waals surface area contributed by atoms with Crippen LogP contribution in [0.25, 0.3) is 11.0 Å². The van der Waals surface area contributed by atoms with Gasteiger partial charge in [0.1, 0.15) is 11.3 Å². The van der Waals surface area contributed by atoms with Crippen LogP contribution in [0.4, 0.5) is 5.95 Å². The molecular weight excluding hydrogens is 319 g/mol. The van der Waals surface area contributed by atoms with Gasteiger partial charge in [-0.25, -0.2) is 0 Å². The zero-order valence-corrected chi connectivity index (χ0v) is 13.5. The first-order chi connectivity index (χ1) is 12.1. The molecule has 25 heavy (non-hydrogen) atoms. The number of aromatic nitrogens is 4. The number of H-pyrrole nitrogens is 2. The molecule has 0 aliphatic carbocycles. The van der Waals surface area contributed by atoms with E-state index in [1.165, 1.54) is 0 Å². The Balaban J connectivity index is 1.54. The van der Waals surface area contributed by atoms with Crippen molar-refractivity contribution in [1.82, 2.24) is 25.2 Å². The molecule has 3 heterocycles. The van der Waals surface area contributed by atoms with Gasteiger partial charge in [0.15, 0.2) is 0 Å². The molecule has 3 aromatic rings. The summed E-state index contributed by atoms with van der Waals surface area (Å²) in [5.74, 6) is -0.306. The van der Waals surface area contributed by atoms with Crippen molar-refractivity contribution in [2.45, 2.75) is 25.7 Å². The summed E-state index contributed by atoms with van der Waals surface area (Å²) in [5.41, 5.74) is 8.10. The van der Waals surface area contributed by atoms with Crippen LogP contribution >= 0.6 is 0 Å². The van der Waals surface area contributed by atoms with Crippen molar-refractivity contribution in [3.05, 3.63) is 51.7 Å². The van der Waals surface area contributed by atoms with Crippen LogP contribution < -0.4 is 16.5 Å². The van der Waals surface area contributed by atoms with Gasteiger partial charge >= 0.3 is 0 Å². The number of amides is 1. The van der Waals surface area contributed by atoms with Crippen molar-refractivity contribution in [1.29, 1.82) is 0 Å². The van der Waals surface area contributed by atoms with Crippen molar-refractivity contribution in [3.8, 4) is 0 Å². The minimum absolute atomic E-state index is 0.102. The van der Waals surface area contributed by atoms with E-state index in [1.54, 1.807) is 12.3 Å². The summed E-state index contributed by atoms with van der Waals surface area (Å²) in [5, 5.41) is 2.56. The molecule has 3 aromatic heterocycles. The lowest BCUT2D eigenvalue weighted by Gasteiger charge is -2.03. The molecule has 0 bridgehead atoms. The fourth-order valence-corrected chi connectivity index (χ4v) is 2.65. The minimum atomic E-state index is -0.408.